The van der Waals surface area contributed by atoms with Crippen LogP contribution in [0.1, 0.15) is 32.3 Å². The first-order valence-corrected chi connectivity index (χ1v) is 8.24. The monoisotopic (exact) mass is 316 g/mol. The maximum atomic E-state index is 13.0. The van der Waals surface area contributed by atoms with E-state index in [4.69, 9.17) is 4.42 Å². The molecule has 1 aromatic carbocycles. The number of hydrogen-bond acceptors (Lipinski definition) is 3. The zero-order valence-electron chi connectivity index (χ0n) is 14.2. The molecule has 2 heterocycles. The molecule has 0 unspecified atom stereocenters. The van der Waals surface area contributed by atoms with Gasteiger partial charge < -0.3 is 9.32 Å². The van der Waals surface area contributed by atoms with Gasteiger partial charge in [-0.1, -0.05) is 20.8 Å². The van der Waals surface area contributed by atoms with Gasteiger partial charge in [-0.05, 0) is 36.4 Å². The summed E-state index contributed by atoms with van der Waals surface area (Å²) in [4.78, 5) is 4.71. The van der Waals surface area contributed by atoms with Crippen molar-refractivity contribution in [3.63, 3.8) is 0 Å². The minimum absolute atomic E-state index is 0.0551. The summed E-state index contributed by atoms with van der Waals surface area (Å²) < 4.78 is 19.0. The van der Waals surface area contributed by atoms with Crippen LogP contribution in [-0.2, 0) is 12.0 Å². The summed E-state index contributed by atoms with van der Waals surface area (Å²) in [5.74, 6) is 1.89. The number of hydrogen-bond donors (Lipinski definition) is 0. The molecular weight excluding hydrogens is 291 g/mol. The summed E-state index contributed by atoms with van der Waals surface area (Å²) in [5, 5.41) is 0. The molecular formula is C19H25FN2O. The van der Waals surface area contributed by atoms with E-state index >= 15 is 0 Å². The predicted octanol–water partition coefficient (Wildman–Crippen LogP) is 4.04. The summed E-state index contributed by atoms with van der Waals surface area (Å²) in [5.41, 5.74) is 1.15. The van der Waals surface area contributed by atoms with Gasteiger partial charge in [0.15, 0.2) is 0 Å². The Balaban J connectivity index is 1.55. The molecule has 0 N–H and O–H groups in total. The van der Waals surface area contributed by atoms with Crippen LogP contribution < -0.4 is 4.90 Å². The van der Waals surface area contributed by atoms with Crippen molar-refractivity contribution in [3.05, 3.63) is 53.7 Å². The van der Waals surface area contributed by atoms with Gasteiger partial charge in [0.25, 0.3) is 0 Å². The summed E-state index contributed by atoms with van der Waals surface area (Å²) >= 11 is 0. The van der Waals surface area contributed by atoms with Crippen LogP contribution in [0.15, 0.2) is 40.8 Å². The molecule has 0 radical (unpaired) electrons. The van der Waals surface area contributed by atoms with Crippen LogP contribution in [-0.4, -0.2) is 31.1 Å². The van der Waals surface area contributed by atoms with Crippen molar-refractivity contribution < 1.29 is 8.81 Å². The van der Waals surface area contributed by atoms with Gasteiger partial charge in [0.05, 0.1) is 6.54 Å². The normalized spacial score (nSPS) is 16.8. The number of benzene rings is 1. The largest absolute Gasteiger partial charge is 0.464 e. The number of furan rings is 1. The Kier molecular flexibility index (Phi) is 4.44. The van der Waals surface area contributed by atoms with E-state index in [1.54, 1.807) is 0 Å². The average molecular weight is 316 g/mol. The van der Waals surface area contributed by atoms with E-state index in [2.05, 4.69) is 42.7 Å². The number of piperazine rings is 1. The number of halogens is 1. The molecule has 124 valence electrons. The lowest BCUT2D eigenvalue weighted by Crippen LogP contribution is -2.45. The first-order valence-electron chi connectivity index (χ1n) is 8.24. The zero-order valence-corrected chi connectivity index (χ0v) is 14.2. The molecule has 2 aromatic rings. The molecule has 3 nitrogen and oxygen atoms in total. The molecule has 0 bridgehead atoms. The van der Waals surface area contributed by atoms with Crippen LogP contribution in [0.2, 0.25) is 0 Å². The van der Waals surface area contributed by atoms with Crippen LogP contribution in [0.4, 0.5) is 10.1 Å². The SMILES string of the molecule is CC(C)(C)c1ccc(CN2CCN(c3ccc(F)cc3)CC2)o1. The standard InChI is InChI=1S/C19H25FN2O/c1-19(2,3)18-9-8-17(23-18)14-21-10-12-22(13-11-21)16-6-4-15(20)5-7-16/h4-9H,10-14H2,1-3H3. The molecule has 0 amide bonds. The van der Waals surface area contributed by atoms with Crippen LogP contribution in [0, 0.1) is 5.82 Å². The van der Waals surface area contributed by atoms with Gasteiger partial charge in [0.2, 0.25) is 0 Å². The second-order valence-corrected chi connectivity index (χ2v) is 7.26. The van der Waals surface area contributed by atoms with E-state index in [1.165, 1.54) is 12.1 Å². The Hall–Kier alpha value is -1.81. The van der Waals surface area contributed by atoms with E-state index in [-0.39, 0.29) is 11.2 Å². The van der Waals surface area contributed by atoms with Crippen LogP contribution in [0.5, 0.6) is 0 Å². The minimum Gasteiger partial charge on any atom is -0.464 e. The predicted molar refractivity (Wildman–Crippen MR) is 91.3 cm³/mol. The van der Waals surface area contributed by atoms with Crippen molar-refractivity contribution in [1.29, 1.82) is 0 Å². The van der Waals surface area contributed by atoms with E-state index in [1.807, 2.05) is 12.1 Å². The Labute approximate surface area is 137 Å². The highest BCUT2D eigenvalue weighted by Crippen LogP contribution is 2.25. The van der Waals surface area contributed by atoms with Gasteiger partial charge in [0, 0.05) is 37.3 Å². The third kappa shape index (κ3) is 3.94. The molecule has 0 aliphatic carbocycles. The number of anilines is 1. The van der Waals surface area contributed by atoms with Gasteiger partial charge >= 0.3 is 0 Å². The van der Waals surface area contributed by atoms with Crippen LogP contribution in [0.25, 0.3) is 0 Å². The Morgan fingerprint density at radius 1 is 0.957 bits per heavy atom. The van der Waals surface area contributed by atoms with E-state index in [0.717, 1.165) is 49.9 Å². The number of rotatable bonds is 3. The molecule has 1 aliphatic heterocycles. The van der Waals surface area contributed by atoms with Crippen molar-refractivity contribution in [2.24, 2.45) is 0 Å². The third-order valence-corrected chi connectivity index (χ3v) is 4.34. The molecule has 1 fully saturated rings. The second-order valence-electron chi connectivity index (χ2n) is 7.26. The maximum absolute atomic E-state index is 13.0. The second kappa shape index (κ2) is 6.36. The van der Waals surface area contributed by atoms with Gasteiger partial charge in [-0.3, -0.25) is 4.90 Å². The maximum Gasteiger partial charge on any atom is 0.123 e. The Morgan fingerprint density at radius 3 is 2.17 bits per heavy atom. The molecule has 1 aromatic heterocycles. The average Bonchev–Trinajstić information content (AvgIpc) is 2.98. The summed E-state index contributed by atoms with van der Waals surface area (Å²) in [6.45, 7) is 11.2. The first kappa shape index (κ1) is 16.1. The summed E-state index contributed by atoms with van der Waals surface area (Å²) in [7, 11) is 0. The Morgan fingerprint density at radius 2 is 1.61 bits per heavy atom. The molecule has 0 atom stereocenters. The lowest BCUT2D eigenvalue weighted by atomic mass is 9.94. The van der Waals surface area contributed by atoms with E-state index in [9.17, 15) is 4.39 Å². The van der Waals surface area contributed by atoms with Gasteiger partial charge in [-0.25, -0.2) is 4.39 Å². The van der Waals surface area contributed by atoms with Crippen molar-refractivity contribution >= 4 is 5.69 Å². The number of nitrogens with zero attached hydrogens (tertiary/aromatic N) is 2. The van der Waals surface area contributed by atoms with Gasteiger partial charge in [0.1, 0.15) is 17.3 Å². The third-order valence-electron chi connectivity index (χ3n) is 4.34. The van der Waals surface area contributed by atoms with Crippen molar-refractivity contribution in [2.45, 2.75) is 32.7 Å². The van der Waals surface area contributed by atoms with Gasteiger partial charge in [-0.2, -0.15) is 0 Å². The Bertz CT molecular complexity index is 634. The lowest BCUT2D eigenvalue weighted by Gasteiger charge is -2.35. The molecule has 0 spiro atoms. The molecule has 4 heteroatoms. The van der Waals surface area contributed by atoms with Crippen molar-refractivity contribution in [3.8, 4) is 0 Å². The quantitative estimate of drug-likeness (QED) is 0.852. The van der Waals surface area contributed by atoms with E-state index in [0.29, 0.717) is 0 Å². The molecule has 0 saturated carbocycles. The molecule has 1 aliphatic rings. The molecule has 3 rings (SSSR count). The molecule has 23 heavy (non-hydrogen) atoms. The van der Waals surface area contributed by atoms with Gasteiger partial charge in [-0.15, -0.1) is 0 Å². The highest BCUT2D eigenvalue weighted by atomic mass is 19.1. The fraction of sp³-hybridized carbons (Fsp3) is 0.474. The smallest absolute Gasteiger partial charge is 0.123 e. The fourth-order valence-corrected chi connectivity index (χ4v) is 2.90. The first-order chi connectivity index (χ1) is 10.9. The summed E-state index contributed by atoms with van der Waals surface area (Å²) in [6, 6.07) is 10.9. The lowest BCUT2D eigenvalue weighted by molar-refractivity contribution is 0.225. The highest BCUT2D eigenvalue weighted by molar-refractivity contribution is 5.46. The fourth-order valence-electron chi connectivity index (χ4n) is 2.90. The molecule has 1 saturated heterocycles. The van der Waals surface area contributed by atoms with Crippen LogP contribution >= 0.6 is 0 Å². The topological polar surface area (TPSA) is 19.6 Å². The van der Waals surface area contributed by atoms with E-state index < -0.39 is 0 Å². The summed E-state index contributed by atoms with van der Waals surface area (Å²) in [6.07, 6.45) is 0. The van der Waals surface area contributed by atoms with Crippen LogP contribution in [0.3, 0.4) is 0 Å². The van der Waals surface area contributed by atoms with Crippen molar-refractivity contribution in [2.75, 3.05) is 31.1 Å². The minimum atomic E-state index is -0.181. The highest BCUT2D eigenvalue weighted by Gasteiger charge is 2.21. The van der Waals surface area contributed by atoms with Crippen molar-refractivity contribution in [1.82, 2.24) is 4.90 Å². The zero-order chi connectivity index (χ0) is 16.4.